The van der Waals surface area contributed by atoms with Crippen molar-refractivity contribution in [2.45, 2.75) is 19.9 Å². The predicted octanol–water partition coefficient (Wildman–Crippen LogP) is 1.89. The normalized spacial score (nSPS) is 10.1. The van der Waals surface area contributed by atoms with Crippen LogP contribution in [-0.4, -0.2) is 21.0 Å². The molecule has 0 radical (unpaired) electrons. The summed E-state index contributed by atoms with van der Waals surface area (Å²) in [5, 5.41) is 8.26. The smallest absolute Gasteiger partial charge is 0.220 e. The fourth-order valence-electron chi connectivity index (χ4n) is 1.59. The summed E-state index contributed by atoms with van der Waals surface area (Å²) in [6, 6.07) is 5.61. The molecular formula is C13H15N5OS2. The van der Waals surface area contributed by atoms with Crippen LogP contribution >= 0.6 is 23.6 Å². The van der Waals surface area contributed by atoms with Crippen molar-refractivity contribution < 1.29 is 4.79 Å². The first kappa shape index (κ1) is 15.3. The van der Waals surface area contributed by atoms with E-state index in [1.807, 2.05) is 30.5 Å². The van der Waals surface area contributed by atoms with Gasteiger partial charge >= 0.3 is 0 Å². The number of thiazole rings is 1. The summed E-state index contributed by atoms with van der Waals surface area (Å²) >= 11 is 6.17. The van der Waals surface area contributed by atoms with E-state index in [1.54, 1.807) is 0 Å². The van der Waals surface area contributed by atoms with Crippen molar-refractivity contribution >= 4 is 39.7 Å². The molecule has 6 nitrogen and oxygen atoms in total. The summed E-state index contributed by atoms with van der Waals surface area (Å²) in [5.41, 5.74) is 7.67. The summed E-state index contributed by atoms with van der Waals surface area (Å²) in [7, 11) is 0. The maximum absolute atomic E-state index is 11.3. The van der Waals surface area contributed by atoms with Gasteiger partial charge in [-0.05, 0) is 24.4 Å². The van der Waals surface area contributed by atoms with E-state index in [2.05, 4.69) is 20.6 Å². The number of carbonyl (C=O) groups is 1. The minimum atomic E-state index is -0.00111. The molecule has 2 aromatic heterocycles. The maximum atomic E-state index is 11.3. The molecule has 1 amide bonds. The molecule has 0 atom stereocenters. The van der Waals surface area contributed by atoms with Gasteiger partial charge in [0.2, 0.25) is 5.91 Å². The van der Waals surface area contributed by atoms with Gasteiger partial charge in [-0.3, -0.25) is 4.79 Å². The minimum Gasteiger partial charge on any atom is -0.376 e. The van der Waals surface area contributed by atoms with Gasteiger partial charge in [-0.25, -0.2) is 9.97 Å². The van der Waals surface area contributed by atoms with Crippen LogP contribution in [0.2, 0.25) is 0 Å². The highest BCUT2D eigenvalue weighted by Gasteiger charge is 2.07. The Kier molecular flexibility index (Phi) is 5.18. The van der Waals surface area contributed by atoms with Gasteiger partial charge in [0.15, 0.2) is 10.2 Å². The number of hydrogen-bond acceptors (Lipinski definition) is 5. The molecule has 0 saturated heterocycles. The summed E-state index contributed by atoms with van der Waals surface area (Å²) in [6.07, 6.45) is 0.458. The summed E-state index contributed by atoms with van der Waals surface area (Å²) in [4.78, 5) is 20.1. The highest BCUT2D eigenvalue weighted by atomic mass is 32.1. The first-order valence-corrected chi connectivity index (χ1v) is 7.62. The van der Waals surface area contributed by atoms with Crippen LogP contribution in [0.4, 0.5) is 5.13 Å². The monoisotopic (exact) mass is 321 g/mol. The Morgan fingerprint density at radius 3 is 2.90 bits per heavy atom. The molecule has 21 heavy (non-hydrogen) atoms. The van der Waals surface area contributed by atoms with Gasteiger partial charge < -0.3 is 16.4 Å². The Hall–Kier alpha value is -2.06. The zero-order chi connectivity index (χ0) is 15.2. The second-order valence-electron chi connectivity index (χ2n) is 4.17. The van der Waals surface area contributed by atoms with E-state index in [1.165, 1.54) is 11.3 Å². The van der Waals surface area contributed by atoms with Gasteiger partial charge in [0.1, 0.15) is 5.69 Å². The van der Waals surface area contributed by atoms with E-state index in [4.69, 9.17) is 18.0 Å². The first-order chi connectivity index (χ1) is 10.1. The van der Waals surface area contributed by atoms with Gasteiger partial charge in [0, 0.05) is 11.8 Å². The van der Waals surface area contributed by atoms with Crippen LogP contribution in [0.15, 0.2) is 23.6 Å². The number of carbonyl (C=O) groups excluding carboxylic acids is 1. The number of nitrogens with one attached hydrogen (secondary N) is 2. The summed E-state index contributed by atoms with van der Waals surface area (Å²) in [6.45, 7) is 2.22. The van der Waals surface area contributed by atoms with Crippen molar-refractivity contribution in [1.29, 1.82) is 0 Å². The van der Waals surface area contributed by atoms with E-state index in [9.17, 15) is 4.79 Å². The van der Waals surface area contributed by atoms with Crippen LogP contribution in [0.5, 0.6) is 0 Å². The van der Waals surface area contributed by atoms with Crippen LogP contribution in [0, 0.1) is 0 Å². The molecule has 8 heteroatoms. The quantitative estimate of drug-likeness (QED) is 0.728. The molecule has 0 unspecified atom stereocenters. The third-order valence-corrected chi connectivity index (χ3v) is 3.45. The number of rotatable bonds is 5. The van der Waals surface area contributed by atoms with Crippen LogP contribution in [0.3, 0.4) is 0 Å². The van der Waals surface area contributed by atoms with E-state index < -0.39 is 0 Å². The van der Waals surface area contributed by atoms with Crippen molar-refractivity contribution in [3.8, 4) is 11.4 Å². The number of nitrogens with zero attached hydrogens (tertiary/aromatic N) is 2. The third-order valence-electron chi connectivity index (χ3n) is 2.59. The number of nitrogens with two attached hydrogens (primary N) is 1. The van der Waals surface area contributed by atoms with E-state index >= 15 is 0 Å². The van der Waals surface area contributed by atoms with Crippen molar-refractivity contribution in [2.75, 3.05) is 5.32 Å². The predicted molar refractivity (Wildman–Crippen MR) is 87.9 cm³/mol. The Morgan fingerprint density at radius 2 is 2.19 bits per heavy atom. The third kappa shape index (κ3) is 4.47. The van der Waals surface area contributed by atoms with Gasteiger partial charge in [-0.1, -0.05) is 13.0 Å². The van der Waals surface area contributed by atoms with E-state index in [-0.39, 0.29) is 11.0 Å². The Bertz CT molecular complexity index is 656. The lowest BCUT2D eigenvalue weighted by Gasteiger charge is -2.04. The minimum absolute atomic E-state index is 0.00111. The maximum Gasteiger partial charge on any atom is 0.220 e. The Labute approximate surface area is 131 Å². The average molecular weight is 321 g/mol. The Balaban J connectivity index is 2.11. The molecule has 0 aliphatic heterocycles. The van der Waals surface area contributed by atoms with E-state index in [0.717, 1.165) is 17.1 Å². The molecule has 2 aromatic rings. The number of hydrogen-bond donors (Lipinski definition) is 3. The molecule has 4 N–H and O–H groups in total. The molecule has 0 saturated carbocycles. The van der Waals surface area contributed by atoms with Gasteiger partial charge in [0.25, 0.3) is 0 Å². The molecule has 0 bridgehead atoms. The van der Waals surface area contributed by atoms with Crippen LogP contribution in [-0.2, 0) is 11.3 Å². The number of aromatic nitrogens is 2. The highest BCUT2D eigenvalue weighted by Crippen LogP contribution is 2.23. The zero-order valence-corrected chi connectivity index (χ0v) is 13.1. The number of amides is 1. The van der Waals surface area contributed by atoms with Gasteiger partial charge in [0.05, 0.1) is 17.9 Å². The lowest BCUT2D eigenvalue weighted by molar-refractivity contribution is -0.120. The van der Waals surface area contributed by atoms with Gasteiger partial charge in [-0.2, -0.15) is 0 Å². The Morgan fingerprint density at radius 1 is 1.38 bits per heavy atom. The first-order valence-electron chi connectivity index (χ1n) is 6.33. The van der Waals surface area contributed by atoms with Gasteiger partial charge in [-0.15, -0.1) is 11.3 Å². The largest absolute Gasteiger partial charge is 0.376 e. The van der Waals surface area contributed by atoms with Crippen molar-refractivity contribution in [1.82, 2.24) is 15.3 Å². The topological polar surface area (TPSA) is 92.9 Å². The molecule has 110 valence electrons. The fourth-order valence-corrected chi connectivity index (χ4v) is 2.47. The lowest BCUT2D eigenvalue weighted by atomic mass is 10.2. The molecule has 2 rings (SSSR count). The SMILES string of the molecule is CCC(=O)NCc1cccc(-c2csc(NC(N)=S)n2)n1. The molecule has 0 aliphatic carbocycles. The zero-order valence-electron chi connectivity index (χ0n) is 11.4. The van der Waals surface area contributed by atoms with Crippen molar-refractivity contribution in [2.24, 2.45) is 5.73 Å². The number of thiocarbonyl (C=S) groups is 1. The highest BCUT2D eigenvalue weighted by molar-refractivity contribution is 7.80. The summed E-state index contributed by atoms with van der Waals surface area (Å²) in [5.74, 6) is -0.00111. The standard InChI is InChI=1S/C13H15N5OS2/c1-2-11(19)15-6-8-4-3-5-9(16-8)10-7-21-13(17-10)18-12(14)20/h3-5,7H,2,6H2,1H3,(H,15,19)(H3,14,17,18,20). The lowest BCUT2D eigenvalue weighted by Crippen LogP contribution is -2.22. The van der Waals surface area contributed by atoms with E-state index in [0.29, 0.717) is 18.1 Å². The number of pyridine rings is 1. The van der Waals surface area contributed by atoms with Crippen LogP contribution < -0.4 is 16.4 Å². The molecule has 0 aromatic carbocycles. The molecule has 0 aliphatic rings. The van der Waals surface area contributed by atoms with Crippen molar-refractivity contribution in [3.05, 3.63) is 29.3 Å². The second kappa shape index (κ2) is 7.09. The van der Waals surface area contributed by atoms with Crippen molar-refractivity contribution in [3.63, 3.8) is 0 Å². The molecular weight excluding hydrogens is 306 g/mol. The number of anilines is 1. The fraction of sp³-hybridized carbons (Fsp3) is 0.231. The molecule has 0 spiro atoms. The summed E-state index contributed by atoms with van der Waals surface area (Å²) < 4.78 is 0. The molecule has 2 heterocycles. The average Bonchev–Trinajstić information content (AvgIpc) is 2.92. The molecule has 0 fully saturated rings. The van der Waals surface area contributed by atoms with Crippen LogP contribution in [0.1, 0.15) is 19.0 Å². The van der Waals surface area contributed by atoms with Crippen LogP contribution in [0.25, 0.3) is 11.4 Å². The second-order valence-corrected chi connectivity index (χ2v) is 5.47.